The molecule has 2 aromatic carbocycles. The molecule has 42 heavy (non-hydrogen) atoms. The molecule has 1 saturated heterocycles. The van der Waals surface area contributed by atoms with E-state index >= 15 is 0 Å². The minimum atomic E-state index is 0.0630. The number of nitrogens with zero attached hydrogens (tertiary/aromatic N) is 3. The smallest absolute Gasteiger partial charge is 0.253 e. The average molecular weight is 611 g/mol. The molecule has 0 spiro atoms. The molecule has 2 aromatic rings. The van der Waals surface area contributed by atoms with Gasteiger partial charge < -0.3 is 14.7 Å². The van der Waals surface area contributed by atoms with Gasteiger partial charge in [-0.3, -0.25) is 9.59 Å². The van der Waals surface area contributed by atoms with Gasteiger partial charge in [0, 0.05) is 61.7 Å². The fourth-order valence-electron chi connectivity index (χ4n) is 8.05. The van der Waals surface area contributed by atoms with Crippen LogP contribution in [0.15, 0.2) is 48.5 Å². The summed E-state index contributed by atoms with van der Waals surface area (Å²) < 4.78 is 0. The Kier molecular flexibility index (Phi) is 9.47. The minimum Gasteiger partial charge on any atom is -0.338 e. The second-order valence-corrected chi connectivity index (χ2v) is 14.0. The Morgan fingerprint density at radius 1 is 0.786 bits per heavy atom. The van der Waals surface area contributed by atoms with Crippen LogP contribution in [0.25, 0.3) is 0 Å². The maximum atomic E-state index is 13.5. The van der Waals surface area contributed by atoms with E-state index in [0.717, 1.165) is 69.2 Å². The summed E-state index contributed by atoms with van der Waals surface area (Å²) in [7, 11) is 1.95. The van der Waals surface area contributed by atoms with Crippen molar-refractivity contribution in [2.75, 3.05) is 20.1 Å². The topological polar surface area (TPSA) is 43.9 Å². The third-order valence-electron chi connectivity index (χ3n) is 10.6. The van der Waals surface area contributed by atoms with Crippen molar-refractivity contribution in [1.29, 1.82) is 0 Å². The van der Waals surface area contributed by atoms with Crippen LogP contribution in [0.1, 0.15) is 98.9 Å². The molecule has 2 unspecified atom stereocenters. The minimum absolute atomic E-state index is 0.0630. The zero-order valence-electron chi connectivity index (χ0n) is 24.9. The molecule has 0 N–H and O–H groups in total. The SMILES string of the molecule is CN(C(=O)c1ccccc1)C1CCC(N2CCC(N(C(=O)C3CC3)C3CCCCC3)CC2)C[C@H]1c1ccc(Cl)c(Cl)c1. The highest BCUT2D eigenvalue weighted by Gasteiger charge is 2.43. The van der Waals surface area contributed by atoms with Crippen LogP contribution in [0.5, 0.6) is 0 Å². The summed E-state index contributed by atoms with van der Waals surface area (Å²) in [5.41, 5.74) is 1.88. The summed E-state index contributed by atoms with van der Waals surface area (Å²) in [6, 6.07) is 16.9. The maximum Gasteiger partial charge on any atom is 0.253 e. The fourth-order valence-corrected chi connectivity index (χ4v) is 8.36. The van der Waals surface area contributed by atoms with Crippen LogP contribution in [0.4, 0.5) is 0 Å². The van der Waals surface area contributed by atoms with E-state index in [0.29, 0.717) is 40.0 Å². The van der Waals surface area contributed by atoms with Gasteiger partial charge >= 0.3 is 0 Å². The number of benzene rings is 2. The molecule has 3 atom stereocenters. The lowest BCUT2D eigenvalue weighted by Gasteiger charge is -2.48. The first-order valence-electron chi connectivity index (χ1n) is 16.2. The second-order valence-electron chi connectivity index (χ2n) is 13.2. The standard InChI is InChI=1S/C35H45Cl2N3O2/c1-38(34(41)24-8-4-2-5-9-24)33-17-15-29(23-30(33)26-14-16-31(36)32(37)22-26)39-20-18-28(19-21-39)40(35(42)25-12-13-25)27-10-6-3-7-11-27/h2,4-5,8-9,14,16,22,25,27-30,33H,3,6-7,10-13,15,17-21,23H2,1H3/t29?,30-,33?/m0/s1. The predicted octanol–water partition coefficient (Wildman–Crippen LogP) is 7.81. The lowest BCUT2D eigenvalue weighted by Crippen LogP contribution is -2.55. The van der Waals surface area contributed by atoms with Crippen LogP contribution < -0.4 is 0 Å². The number of piperidine rings is 1. The van der Waals surface area contributed by atoms with Crippen molar-refractivity contribution < 1.29 is 9.59 Å². The normalized spacial score (nSPS) is 26.1. The van der Waals surface area contributed by atoms with Gasteiger partial charge in [-0.15, -0.1) is 0 Å². The van der Waals surface area contributed by atoms with Crippen LogP contribution in [0.3, 0.4) is 0 Å². The number of carbonyl (C=O) groups is 2. The van der Waals surface area contributed by atoms with Crippen molar-refractivity contribution in [3.8, 4) is 0 Å². The van der Waals surface area contributed by atoms with Gasteiger partial charge in [0.05, 0.1) is 10.0 Å². The third-order valence-corrected chi connectivity index (χ3v) is 11.3. The Morgan fingerprint density at radius 2 is 1.48 bits per heavy atom. The first-order chi connectivity index (χ1) is 20.4. The molecule has 0 aromatic heterocycles. The first-order valence-corrected chi connectivity index (χ1v) is 17.0. The van der Waals surface area contributed by atoms with E-state index in [4.69, 9.17) is 23.2 Å². The van der Waals surface area contributed by atoms with Gasteiger partial charge in [0.1, 0.15) is 0 Å². The van der Waals surface area contributed by atoms with Crippen LogP contribution >= 0.6 is 23.2 Å². The van der Waals surface area contributed by atoms with Crippen molar-refractivity contribution in [3.63, 3.8) is 0 Å². The van der Waals surface area contributed by atoms with Crippen LogP contribution in [-0.2, 0) is 4.79 Å². The Balaban J connectivity index is 1.16. The summed E-state index contributed by atoms with van der Waals surface area (Å²) in [6.45, 7) is 2.07. The molecule has 6 rings (SSSR count). The number of rotatable bonds is 7. The molecular weight excluding hydrogens is 565 g/mol. The van der Waals surface area contributed by atoms with Gasteiger partial charge in [-0.1, -0.05) is 66.7 Å². The Hall–Kier alpha value is -2.08. The van der Waals surface area contributed by atoms with Crippen molar-refractivity contribution in [3.05, 3.63) is 69.7 Å². The summed E-state index contributed by atoms with van der Waals surface area (Å²) in [4.78, 5) is 34.0. The van der Waals surface area contributed by atoms with Gasteiger partial charge in [-0.05, 0) is 87.6 Å². The van der Waals surface area contributed by atoms with Gasteiger partial charge in [-0.25, -0.2) is 0 Å². The highest BCUT2D eigenvalue weighted by Crippen LogP contribution is 2.42. The molecule has 3 aliphatic carbocycles. The van der Waals surface area contributed by atoms with Gasteiger partial charge in [0.25, 0.3) is 5.91 Å². The van der Waals surface area contributed by atoms with Crippen molar-refractivity contribution in [1.82, 2.24) is 14.7 Å². The predicted molar refractivity (Wildman–Crippen MR) is 170 cm³/mol. The first kappa shape index (κ1) is 30.0. The Labute approximate surface area is 261 Å². The molecule has 4 aliphatic rings. The third kappa shape index (κ3) is 6.54. The van der Waals surface area contributed by atoms with Crippen LogP contribution in [0.2, 0.25) is 10.0 Å². The zero-order chi connectivity index (χ0) is 29.2. The average Bonchev–Trinajstić information content (AvgIpc) is 3.89. The monoisotopic (exact) mass is 609 g/mol. The highest BCUT2D eigenvalue weighted by atomic mass is 35.5. The van der Waals surface area contributed by atoms with Gasteiger partial charge in [0.15, 0.2) is 0 Å². The molecular formula is C35H45Cl2N3O2. The van der Waals surface area contributed by atoms with Crippen molar-refractivity contribution >= 4 is 35.0 Å². The second kappa shape index (κ2) is 13.3. The zero-order valence-corrected chi connectivity index (χ0v) is 26.4. The Bertz CT molecular complexity index is 1240. The fraction of sp³-hybridized carbons (Fsp3) is 0.600. The van der Waals surface area contributed by atoms with Gasteiger partial charge in [0.2, 0.25) is 5.91 Å². The van der Waals surface area contributed by atoms with Crippen LogP contribution in [0, 0.1) is 5.92 Å². The van der Waals surface area contributed by atoms with Crippen molar-refractivity contribution in [2.24, 2.45) is 5.92 Å². The number of carbonyl (C=O) groups excluding carboxylic acids is 2. The number of hydrogen-bond donors (Lipinski definition) is 0. The van der Waals surface area contributed by atoms with E-state index < -0.39 is 0 Å². The number of amides is 2. The van der Waals surface area contributed by atoms with E-state index in [2.05, 4.69) is 15.9 Å². The quantitative estimate of drug-likeness (QED) is 0.321. The van der Waals surface area contributed by atoms with Crippen molar-refractivity contribution in [2.45, 2.75) is 107 Å². The summed E-state index contributed by atoms with van der Waals surface area (Å²) in [5.74, 6) is 0.978. The van der Waals surface area contributed by atoms with E-state index in [1.54, 1.807) is 0 Å². The van der Waals surface area contributed by atoms with Gasteiger partial charge in [-0.2, -0.15) is 0 Å². The summed E-state index contributed by atoms with van der Waals surface area (Å²) >= 11 is 12.8. The molecule has 7 heteroatoms. The van der Waals surface area contributed by atoms with E-state index in [1.807, 2.05) is 54.4 Å². The Morgan fingerprint density at radius 3 is 2.14 bits per heavy atom. The molecule has 1 aliphatic heterocycles. The molecule has 5 nitrogen and oxygen atoms in total. The number of halogens is 2. The largest absolute Gasteiger partial charge is 0.338 e. The van der Waals surface area contributed by atoms with Crippen LogP contribution in [-0.4, -0.2) is 70.8 Å². The van der Waals surface area contributed by atoms with E-state index in [1.165, 1.54) is 32.1 Å². The molecule has 226 valence electrons. The van der Waals surface area contributed by atoms with E-state index in [-0.39, 0.29) is 17.9 Å². The highest BCUT2D eigenvalue weighted by molar-refractivity contribution is 6.42. The number of likely N-dealkylation sites (tertiary alicyclic amines) is 1. The maximum absolute atomic E-state index is 13.5. The summed E-state index contributed by atoms with van der Waals surface area (Å²) in [5, 5.41) is 1.12. The molecule has 0 bridgehead atoms. The lowest BCUT2D eigenvalue weighted by molar-refractivity contribution is -0.140. The number of likely N-dealkylation sites (N-methyl/N-ethyl adjacent to an activating group) is 1. The molecule has 2 amide bonds. The van der Waals surface area contributed by atoms with E-state index in [9.17, 15) is 9.59 Å². The molecule has 4 fully saturated rings. The molecule has 1 heterocycles. The lowest BCUT2D eigenvalue weighted by atomic mass is 9.76. The molecule has 0 radical (unpaired) electrons. The molecule has 3 saturated carbocycles. The summed E-state index contributed by atoms with van der Waals surface area (Å²) in [6.07, 6.45) is 13.5. The number of hydrogen-bond acceptors (Lipinski definition) is 3.